The molecule has 2 saturated carbocycles. The number of amides is 2. The van der Waals surface area contributed by atoms with Crippen LogP contribution in [0.4, 0.5) is 0 Å². The van der Waals surface area contributed by atoms with Crippen LogP contribution in [-0.2, 0) is 9.59 Å². The van der Waals surface area contributed by atoms with Crippen LogP contribution in [0.5, 0.6) is 0 Å². The van der Waals surface area contributed by atoms with E-state index in [1.54, 1.807) is 0 Å². The molecule has 3 N–H and O–H groups in total. The molecule has 0 radical (unpaired) electrons. The molecule has 0 aromatic rings. The molecule has 1 heterocycles. The zero-order chi connectivity index (χ0) is 17.8. The second-order valence-electron chi connectivity index (χ2n) is 8.11. The van der Waals surface area contributed by atoms with E-state index in [9.17, 15) is 9.59 Å². The topological polar surface area (TPSA) is 78.7 Å². The highest BCUT2D eigenvalue weighted by Gasteiger charge is 2.41. The molecular weight excluding hydrogens is 316 g/mol. The van der Waals surface area contributed by atoms with Gasteiger partial charge in [-0.1, -0.05) is 6.42 Å². The molecule has 6 nitrogen and oxygen atoms in total. The highest BCUT2D eigenvalue weighted by atomic mass is 16.2. The van der Waals surface area contributed by atoms with Gasteiger partial charge in [0.1, 0.15) is 0 Å². The zero-order valence-corrected chi connectivity index (χ0v) is 15.6. The van der Waals surface area contributed by atoms with Gasteiger partial charge in [0, 0.05) is 44.7 Å². The number of hydrogen-bond donors (Lipinski definition) is 2. The van der Waals surface area contributed by atoms with Crippen molar-refractivity contribution in [3.63, 3.8) is 0 Å². The number of rotatable bonds is 4. The number of nitrogens with two attached hydrogens (primary N) is 1. The first kappa shape index (κ1) is 18.6. The lowest BCUT2D eigenvalue weighted by molar-refractivity contribution is -0.138. The largest absolute Gasteiger partial charge is 0.355 e. The first-order valence-electron chi connectivity index (χ1n) is 10.1. The fraction of sp³-hybridized carbons (Fsp3) is 0.895. The lowest BCUT2D eigenvalue weighted by atomic mass is 9.65. The maximum absolute atomic E-state index is 13.1. The summed E-state index contributed by atoms with van der Waals surface area (Å²) < 4.78 is 0. The summed E-state index contributed by atoms with van der Waals surface area (Å²) in [6.45, 7) is 6.30. The molecule has 2 amide bonds. The molecule has 2 bridgehead atoms. The Balaban J connectivity index is 1.52. The molecule has 1 aliphatic heterocycles. The van der Waals surface area contributed by atoms with Gasteiger partial charge in [-0.3, -0.25) is 14.5 Å². The minimum atomic E-state index is 0.0800. The molecule has 3 rings (SSSR count). The van der Waals surface area contributed by atoms with Crippen LogP contribution < -0.4 is 11.1 Å². The summed E-state index contributed by atoms with van der Waals surface area (Å²) in [5.41, 5.74) is 6.37. The molecule has 2 atom stereocenters. The van der Waals surface area contributed by atoms with Gasteiger partial charge in [-0.15, -0.1) is 0 Å². The van der Waals surface area contributed by atoms with Crippen molar-refractivity contribution >= 4 is 11.8 Å². The highest BCUT2D eigenvalue weighted by Crippen LogP contribution is 2.42. The van der Waals surface area contributed by atoms with Crippen LogP contribution in [0.3, 0.4) is 0 Å². The van der Waals surface area contributed by atoms with E-state index < -0.39 is 0 Å². The Labute approximate surface area is 151 Å². The molecule has 2 aliphatic carbocycles. The van der Waals surface area contributed by atoms with Gasteiger partial charge < -0.3 is 16.0 Å². The predicted molar refractivity (Wildman–Crippen MR) is 97.9 cm³/mol. The number of nitrogens with zero attached hydrogens (tertiary/aromatic N) is 2. The highest BCUT2D eigenvalue weighted by molar-refractivity contribution is 5.79. The van der Waals surface area contributed by atoms with E-state index in [0.29, 0.717) is 36.9 Å². The molecule has 2 unspecified atom stereocenters. The molecule has 25 heavy (non-hydrogen) atoms. The Kier molecular flexibility index (Phi) is 6.34. The van der Waals surface area contributed by atoms with Gasteiger partial charge in [-0.25, -0.2) is 0 Å². The zero-order valence-electron chi connectivity index (χ0n) is 15.6. The minimum Gasteiger partial charge on any atom is -0.355 e. The third-order valence-electron chi connectivity index (χ3n) is 6.40. The molecule has 0 aromatic carbocycles. The molecule has 142 valence electrons. The third-order valence-corrected chi connectivity index (χ3v) is 6.40. The van der Waals surface area contributed by atoms with E-state index in [1.165, 1.54) is 19.3 Å². The molecule has 6 heteroatoms. The Morgan fingerprint density at radius 2 is 1.76 bits per heavy atom. The van der Waals surface area contributed by atoms with Crippen LogP contribution in [0.15, 0.2) is 0 Å². The SMILES string of the molecule is CCNC(=O)CN1CCCN(C(=O)C2CC3CCCC(C2)C3N)CC1. The first-order valence-corrected chi connectivity index (χ1v) is 10.1. The summed E-state index contributed by atoms with van der Waals surface area (Å²) in [6, 6.07) is 0.314. The normalized spacial score (nSPS) is 33.6. The van der Waals surface area contributed by atoms with Crippen molar-refractivity contribution in [1.82, 2.24) is 15.1 Å². The van der Waals surface area contributed by atoms with Crippen LogP contribution in [-0.4, -0.2) is 66.9 Å². The van der Waals surface area contributed by atoms with Crippen LogP contribution >= 0.6 is 0 Å². The van der Waals surface area contributed by atoms with Gasteiger partial charge in [-0.2, -0.15) is 0 Å². The Hall–Kier alpha value is -1.14. The fourth-order valence-corrected chi connectivity index (χ4v) is 5.05. The minimum absolute atomic E-state index is 0.0800. The van der Waals surface area contributed by atoms with Gasteiger partial charge in [0.25, 0.3) is 0 Å². The van der Waals surface area contributed by atoms with Crippen molar-refractivity contribution < 1.29 is 9.59 Å². The van der Waals surface area contributed by atoms with Crippen LogP contribution in [0.1, 0.15) is 45.4 Å². The Morgan fingerprint density at radius 1 is 1.04 bits per heavy atom. The van der Waals surface area contributed by atoms with Crippen molar-refractivity contribution in [2.24, 2.45) is 23.5 Å². The van der Waals surface area contributed by atoms with E-state index >= 15 is 0 Å². The second-order valence-corrected chi connectivity index (χ2v) is 8.11. The Morgan fingerprint density at radius 3 is 2.44 bits per heavy atom. The average molecular weight is 351 g/mol. The van der Waals surface area contributed by atoms with E-state index in [4.69, 9.17) is 5.73 Å². The van der Waals surface area contributed by atoms with Crippen LogP contribution in [0.25, 0.3) is 0 Å². The average Bonchev–Trinajstić information content (AvgIpc) is 2.80. The van der Waals surface area contributed by atoms with Crippen LogP contribution in [0.2, 0.25) is 0 Å². The molecule has 0 spiro atoms. The standard InChI is InChI=1S/C19H34N4O2/c1-2-21-17(24)13-22-7-4-8-23(10-9-22)19(25)16-11-14-5-3-6-15(12-16)18(14)20/h14-16,18H,2-13,20H2,1H3,(H,21,24). The van der Waals surface area contributed by atoms with Crippen molar-refractivity contribution in [1.29, 1.82) is 0 Å². The number of fused-ring (bicyclic) bond motifs is 2. The smallest absolute Gasteiger partial charge is 0.234 e. The lowest BCUT2D eigenvalue weighted by Gasteiger charge is -2.44. The van der Waals surface area contributed by atoms with Crippen molar-refractivity contribution in [2.45, 2.75) is 51.5 Å². The quantitative estimate of drug-likeness (QED) is 0.786. The van der Waals surface area contributed by atoms with Crippen molar-refractivity contribution in [3.8, 4) is 0 Å². The van der Waals surface area contributed by atoms with E-state index in [2.05, 4.69) is 15.1 Å². The Bertz CT molecular complexity index is 470. The van der Waals surface area contributed by atoms with Crippen molar-refractivity contribution in [2.75, 3.05) is 39.3 Å². The molecule has 1 saturated heterocycles. The monoisotopic (exact) mass is 350 g/mol. The van der Waals surface area contributed by atoms with Gasteiger partial charge in [0.2, 0.25) is 11.8 Å². The second kappa shape index (κ2) is 8.49. The molecule has 0 aromatic heterocycles. The fourth-order valence-electron chi connectivity index (χ4n) is 5.05. The van der Waals surface area contributed by atoms with Crippen LogP contribution in [0, 0.1) is 17.8 Å². The lowest BCUT2D eigenvalue weighted by Crippen LogP contribution is -2.50. The number of hydrogen-bond acceptors (Lipinski definition) is 4. The van der Waals surface area contributed by atoms with E-state index in [0.717, 1.165) is 45.4 Å². The maximum atomic E-state index is 13.1. The van der Waals surface area contributed by atoms with E-state index in [1.807, 2.05) is 6.92 Å². The number of carbonyl (C=O) groups excluding carboxylic acids is 2. The maximum Gasteiger partial charge on any atom is 0.234 e. The van der Waals surface area contributed by atoms with Gasteiger partial charge in [0.15, 0.2) is 0 Å². The molecular formula is C19H34N4O2. The summed E-state index contributed by atoms with van der Waals surface area (Å²) in [6.07, 6.45) is 6.58. The number of carbonyl (C=O) groups is 2. The number of nitrogens with one attached hydrogen (secondary N) is 1. The first-order chi connectivity index (χ1) is 12.1. The van der Waals surface area contributed by atoms with Gasteiger partial charge in [-0.05, 0) is 50.9 Å². The predicted octanol–water partition coefficient (Wildman–Crippen LogP) is 0.810. The summed E-state index contributed by atoms with van der Waals surface area (Å²) in [7, 11) is 0. The summed E-state index contributed by atoms with van der Waals surface area (Å²) in [5, 5.41) is 2.85. The third kappa shape index (κ3) is 4.53. The van der Waals surface area contributed by atoms with Gasteiger partial charge in [0.05, 0.1) is 6.54 Å². The molecule has 3 aliphatic rings. The van der Waals surface area contributed by atoms with Gasteiger partial charge >= 0.3 is 0 Å². The van der Waals surface area contributed by atoms with E-state index in [-0.39, 0.29) is 11.8 Å². The molecule has 3 fully saturated rings. The van der Waals surface area contributed by atoms with Crippen molar-refractivity contribution in [3.05, 3.63) is 0 Å². The number of likely N-dealkylation sites (N-methyl/N-ethyl adjacent to an activating group) is 1. The summed E-state index contributed by atoms with van der Waals surface area (Å²) in [5.74, 6) is 1.68. The summed E-state index contributed by atoms with van der Waals surface area (Å²) >= 11 is 0. The summed E-state index contributed by atoms with van der Waals surface area (Å²) in [4.78, 5) is 29.1.